The third kappa shape index (κ3) is 4.70. The van der Waals surface area contributed by atoms with E-state index in [-0.39, 0.29) is 5.82 Å². The van der Waals surface area contributed by atoms with Gasteiger partial charge in [0.2, 0.25) is 5.91 Å². The second-order valence-electron chi connectivity index (χ2n) is 4.84. The molecule has 1 amide bonds. The molecule has 0 saturated carbocycles. The Morgan fingerprint density at radius 3 is 2.68 bits per heavy atom. The number of amides is 1. The average molecular weight is 300 g/mol. The molecule has 0 aromatic heterocycles. The van der Waals surface area contributed by atoms with Crippen LogP contribution in [0.3, 0.4) is 0 Å². The molecule has 0 spiro atoms. The molecule has 4 nitrogen and oxygen atoms in total. The number of halogens is 1. The second kappa shape index (κ2) is 7.36. The fraction of sp³-hybridized carbons (Fsp3) is 0.176. The Balaban J connectivity index is 1.93. The molecule has 22 heavy (non-hydrogen) atoms. The van der Waals surface area contributed by atoms with Gasteiger partial charge in [-0.25, -0.2) is 4.39 Å². The second-order valence-corrected chi connectivity index (χ2v) is 4.84. The Labute approximate surface area is 128 Å². The molecule has 1 atom stereocenters. The molecule has 0 aliphatic rings. The predicted octanol–water partition coefficient (Wildman–Crippen LogP) is 2.70. The molecule has 0 radical (unpaired) electrons. The van der Waals surface area contributed by atoms with Gasteiger partial charge in [0, 0.05) is 6.21 Å². The van der Waals surface area contributed by atoms with Crippen molar-refractivity contribution in [1.29, 1.82) is 0 Å². The number of aliphatic imine (C=N–C) groups is 1. The monoisotopic (exact) mass is 300 g/mol. The van der Waals surface area contributed by atoms with E-state index in [9.17, 15) is 9.18 Å². The fourth-order valence-electron chi connectivity index (χ4n) is 1.71. The van der Waals surface area contributed by atoms with Gasteiger partial charge < -0.3 is 10.5 Å². The van der Waals surface area contributed by atoms with Gasteiger partial charge in [-0.3, -0.25) is 9.79 Å². The fourth-order valence-corrected chi connectivity index (χ4v) is 1.71. The van der Waals surface area contributed by atoms with E-state index in [2.05, 4.69) is 4.99 Å². The number of ether oxygens (including phenoxy) is 1. The van der Waals surface area contributed by atoms with Gasteiger partial charge in [-0.15, -0.1) is 0 Å². The summed E-state index contributed by atoms with van der Waals surface area (Å²) in [6.07, 6.45) is 1.59. The number of nitrogens with zero attached hydrogens (tertiary/aromatic N) is 1. The zero-order chi connectivity index (χ0) is 15.9. The molecule has 5 heteroatoms. The van der Waals surface area contributed by atoms with Crippen LogP contribution < -0.4 is 10.5 Å². The summed E-state index contributed by atoms with van der Waals surface area (Å²) >= 11 is 0. The Morgan fingerprint density at radius 1 is 1.32 bits per heavy atom. The molecule has 0 aliphatic heterocycles. The maximum absolute atomic E-state index is 13.0. The highest BCUT2D eigenvalue weighted by molar-refractivity contribution is 5.85. The largest absolute Gasteiger partial charge is 0.489 e. The van der Waals surface area contributed by atoms with Crippen LogP contribution in [0, 0.1) is 5.82 Å². The molecule has 2 N–H and O–H groups in total. The van der Waals surface area contributed by atoms with Crippen LogP contribution in [-0.4, -0.2) is 18.2 Å². The maximum Gasteiger partial charge on any atom is 0.241 e. The number of carbonyl (C=O) groups is 1. The maximum atomic E-state index is 13.0. The van der Waals surface area contributed by atoms with Gasteiger partial charge in [-0.2, -0.15) is 0 Å². The van der Waals surface area contributed by atoms with Crippen LogP contribution in [0.4, 0.5) is 4.39 Å². The minimum absolute atomic E-state index is 0.281. The molecule has 0 fully saturated rings. The number of carbonyl (C=O) groups excluding carboxylic acids is 1. The van der Waals surface area contributed by atoms with Crippen molar-refractivity contribution in [2.75, 3.05) is 0 Å². The third-order valence-corrected chi connectivity index (χ3v) is 3.03. The van der Waals surface area contributed by atoms with Crippen LogP contribution in [-0.2, 0) is 11.4 Å². The molecule has 2 aromatic carbocycles. The summed E-state index contributed by atoms with van der Waals surface area (Å²) in [5, 5.41) is 0. The first-order chi connectivity index (χ1) is 10.5. The number of hydrogen-bond donors (Lipinski definition) is 1. The predicted molar refractivity (Wildman–Crippen MR) is 83.4 cm³/mol. The Morgan fingerprint density at radius 2 is 2.05 bits per heavy atom. The van der Waals surface area contributed by atoms with Gasteiger partial charge in [-0.05, 0) is 54.4 Å². The quantitative estimate of drug-likeness (QED) is 0.834. The van der Waals surface area contributed by atoms with E-state index in [0.29, 0.717) is 12.4 Å². The Hall–Kier alpha value is -2.69. The molecule has 0 heterocycles. The van der Waals surface area contributed by atoms with Crippen LogP contribution in [0.25, 0.3) is 0 Å². The highest BCUT2D eigenvalue weighted by Gasteiger charge is 2.04. The third-order valence-electron chi connectivity index (χ3n) is 3.03. The Kier molecular flexibility index (Phi) is 5.25. The minimum Gasteiger partial charge on any atom is -0.489 e. The van der Waals surface area contributed by atoms with Crippen molar-refractivity contribution in [3.05, 3.63) is 65.5 Å². The molecule has 2 aromatic rings. The highest BCUT2D eigenvalue weighted by Crippen LogP contribution is 2.14. The van der Waals surface area contributed by atoms with Gasteiger partial charge in [0.25, 0.3) is 0 Å². The van der Waals surface area contributed by atoms with Crippen molar-refractivity contribution in [3.63, 3.8) is 0 Å². The standard InChI is InChI=1S/C17H17FN2O2/c1-12(17(19)21)20-10-13-5-7-16(8-6-13)22-11-14-3-2-4-15(18)9-14/h2-10,12H,11H2,1H3,(H2,19,21)/t12-/m1/s1. The topological polar surface area (TPSA) is 64.7 Å². The van der Waals surface area contributed by atoms with Crippen LogP contribution in [0.15, 0.2) is 53.5 Å². The lowest BCUT2D eigenvalue weighted by Crippen LogP contribution is -2.23. The summed E-state index contributed by atoms with van der Waals surface area (Å²) < 4.78 is 18.6. The molecular formula is C17H17FN2O2. The van der Waals surface area contributed by atoms with Crippen molar-refractivity contribution in [3.8, 4) is 5.75 Å². The van der Waals surface area contributed by atoms with E-state index in [1.807, 2.05) is 12.1 Å². The van der Waals surface area contributed by atoms with Crippen molar-refractivity contribution in [1.82, 2.24) is 0 Å². The SMILES string of the molecule is C[C@@H](N=Cc1ccc(OCc2cccc(F)c2)cc1)C(N)=O. The van der Waals surface area contributed by atoms with Crippen LogP contribution in [0.5, 0.6) is 5.75 Å². The van der Waals surface area contributed by atoms with E-state index in [0.717, 1.165) is 11.1 Å². The van der Waals surface area contributed by atoms with E-state index in [1.54, 1.807) is 37.4 Å². The van der Waals surface area contributed by atoms with Gasteiger partial charge in [0.05, 0.1) is 0 Å². The van der Waals surface area contributed by atoms with E-state index in [1.165, 1.54) is 12.1 Å². The molecule has 0 bridgehead atoms. The zero-order valence-corrected chi connectivity index (χ0v) is 12.2. The minimum atomic E-state index is -0.552. The lowest BCUT2D eigenvalue weighted by molar-refractivity contribution is -0.118. The number of nitrogens with two attached hydrogens (primary N) is 1. The summed E-state index contributed by atoms with van der Waals surface area (Å²) in [5.74, 6) is -0.0770. The van der Waals surface area contributed by atoms with Crippen LogP contribution >= 0.6 is 0 Å². The van der Waals surface area contributed by atoms with E-state index in [4.69, 9.17) is 10.5 Å². The summed E-state index contributed by atoms with van der Waals surface area (Å²) in [6, 6.07) is 12.9. The number of rotatable bonds is 6. The van der Waals surface area contributed by atoms with Gasteiger partial charge in [0.1, 0.15) is 24.2 Å². The normalized spacial score (nSPS) is 12.3. The zero-order valence-electron chi connectivity index (χ0n) is 12.2. The first kappa shape index (κ1) is 15.7. The van der Waals surface area contributed by atoms with Gasteiger partial charge in [-0.1, -0.05) is 12.1 Å². The summed E-state index contributed by atoms with van der Waals surface area (Å²) in [6.45, 7) is 1.93. The number of primary amides is 1. The Bertz CT molecular complexity index is 669. The van der Waals surface area contributed by atoms with Crippen molar-refractivity contribution in [2.24, 2.45) is 10.7 Å². The van der Waals surface area contributed by atoms with E-state index >= 15 is 0 Å². The lowest BCUT2D eigenvalue weighted by Gasteiger charge is -2.06. The first-order valence-electron chi connectivity index (χ1n) is 6.84. The van der Waals surface area contributed by atoms with Gasteiger partial charge in [0.15, 0.2) is 0 Å². The molecule has 2 rings (SSSR count). The molecular weight excluding hydrogens is 283 g/mol. The van der Waals surface area contributed by atoms with Crippen LogP contribution in [0.2, 0.25) is 0 Å². The molecule has 114 valence electrons. The summed E-state index contributed by atoms with van der Waals surface area (Å²) in [7, 11) is 0. The first-order valence-corrected chi connectivity index (χ1v) is 6.84. The highest BCUT2D eigenvalue weighted by atomic mass is 19.1. The molecule has 0 unspecified atom stereocenters. The summed E-state index contributed by atoms with van der Waals surface area (Å²) in [4.78, 5) is 14.9. The number of hydrogen-bond acceptors (Lipinski definition) is 3. The van der Waals surface area contributed by atoms with Crippen molar-refractivity contribution < 1.29 is 13.9 Å². The lowest BCUT2D eigenvalue weighted by atomic mass is 10.2. The van der Waals surface area contributed by atoms with Crippen molar-refractivity contribution in [2.45, 2.75) is 19.6 Å². The number of benzene rings is 2. The molecule has 0 saturated heterocycles. The van der Waals surface area contributed by atoms with Crippen molar-refractivity contribution >= 4 is 12.1 Å². The average Bonchev–Trinajstić information content (AvgIpc) is 2.51. The van der Waals surface area contributed by atoms with Gasteiger partial charge >= 0.3 is 0 Å². The molecule has 0 aliphatic carbocycles. The van der Waals surface area contributed by atoms with E-state index < -0.39 is 11.9 Å². The summed E-state index contributed by atoms with van der Waals surface area (Å²) in [5.41, 5.74) is 6.73. The van der Waals surface area contributed by atoms with Crippen LogP contribution in [0.1, 0.15) is 18.1 Å². The smallest absolute Gasteiger partial charge is 0.241 e.